The number of benzene rings is 1. The van der Waals surface area contributed by atoms with Crippen LogP contribution in [0.4, 0.5) is 10.5 Å². The van der Waals surface area contributed by atoms with E-state index in [0.717, 1.165) is 48.3 Å². The van der Waals surface area contributed by atoms with E-state index in [1.54, 1.807) is 29.8 Å². The molecule has 3 fully saturated rings. The van der Waals surface area contributed by atoms with Crippen LogP contribution in [0.3, 0.4) is 0 Å². The van der Waals surface area contributed by atoms with Gasteiger partial charge in [-0.25, -0.2) is 4.79 Å². The van der Waals surface area contributed by atoms with Gasteiger partial charge >= 0.3 is 6.09 Å². The van der Waals surface area contributed by atoms with Gasteiger partial charge in [-0.2, -0.15) is 0 Å². The van der Waals surface area contributed by atoms with E-state index in [1.165, 1.54) is 57.8 Å². The van der Waals surface area contributed by atoms with Gasteiger partial charge in [0.25, 0.3) is 0 Å². The number of hydrogen-bond acceptors (Lipinski definition) is 2. The summed E-state index contributed by atoms with van der Waals surface area (Å²) in [5, 5.41) is 20.7. The first kappa shape index (κ1) is 29.2. The molecular formula is C34H53NO3. The Kier molecular flexibility index (Phi) is 9.33. The third kappa shape index (κ3) is 6.16. The van der Waals surface area contributed by atoms with E-state index < -0.39 is 6.09 Å². The molecule has 0 spiro atoms. The van der Waals surface area contributed by atoms with Crippen molar-refractivity contribution < 1.29 is 15.0 Å². The van der Waals surface area contributed by atoms with Crippen LogP contribution >= 0.6 is 0 Å². The fourth-order valence-corrected chi connectivity index (χ4v) is 9.31. The summed E-state index contributed by atoms with van der Waals surface area (Å²) in [4.78, 5) is 10.1. The molecule has 3 N–H and O–H groups in total. The number of para-hydroxylation sites is 1. The summed E-state index contributed by atoms with van der Waals surface area (Å²) < 4.78 is 0. The molecule has 4 nitrogen and oxygen atoms in total. The van der Waals surface area contributed by atoms with Crippen LogP contribution in [0.1, 0.15) is 105 Å². The Morgan fingerprint density at radius 1 is 1.00 bits per heavy atom. The first-order chi connectivity index (χ1) is 18.0. The Balaban J connectivity index is 0.000000283. The molecule has 1 amide bonds. The zero-order valence-electron chi connectivity index (χ0n) is 24.6. The van der Waals surface area contributed by atoms with Crippen LogP contribution in [0.5, 0.6) is 0 Å². The van der Waals surface area contributed by atoms with Crippen molar-refractivity contribution in [1.82, 2.24) is 0 Å². The van der Waals surface area contributed by atoms with Gasteiger partial charge in [0.15, 0.2) is 0 Å². The Labute approximate surface area is 231 Å². The highest BCUT2D eigenvalue weighted by Gasteiger charge is 2.59. The Morgan fingerprint density at radius 3 is 2.42 bits per heavy atom. The van der Waals surface area contributed by atoms with Crippen LogP contribution in [0.25, 0.3) is 0 Å². The first-order valence-electron chi connectivity index (χ1n) is 15.5. The summed E-state index contributed by atoms with van der Waals surface area (Å²) in [6, 6.07) is 8.74. The minimum Gasteiger partial charge on any atom is -0.465 e. The molecule has 1 unspecified atom stereocenters. The quantitative estimate of drug-likeness (QED) is 0.326. The third-order valence-corrected chi connectivity index (χ3v) is 11.3. The molecule has 3 saturated carbocycles. The topological polar surface area (TPSA) is 69.6 Å². The number of carboxylic acid groups (broad SMARTS) is 1. The van der Waals surface area contributed by atoms with Crippen LogP contribution in [0.15, 0.2) is 42.0 Å². The molecule has 5 rings (SSSR count). The molecule has 0 bridgehead atoms. The van der Waals surface area contributed by atoms with Crippen molar-refractivity contribution in [3.63, 3.8) is 0 Å². The second kappa shape index (κ2) is 12.1. The summed E-state index contributed by atoms with van der Waals surface area (Å²) in [6.45, 7) is 12.6. The highest BCUT2D eigenvalue weighted by atomic mass is 16.4. The number of nitrogens with one attached hydrogen (secondary N) is 1. The number of rotatable bonds is 6. The Hall–Kier alpha value is -1.81. The van der Waals surface area contributed by atoms with E-state index in [9.17, 15) is 9.90 Å². The summed E-state index contributed by atoms with van der Waals surface area (Å²) in [6.07, 6.45) is 16.1. The lowest BCUT2D eigenvalue weighted by atomic mass is 9.47. The normalized spacial score (nSPS) is 36.6. The Bertz CT molecular complexity index is 958. The van der Waals surface area contributed by atoms with Gasteiger partial charge in [-0.05, 0) is 110 Å². The van der Waals surface area contributed by atoms with Crippen molar-refractivity contribution in [3.8, 4) is 0 Å². The third-order valence-electron chi connectivity index (χ3n) is 11.3. The van der Waals surface area contributed by atoms with Crippen LogP contribution in [-0.2, 0) is 0 Å². The van der Waals surface area contributed by atoms with Crippen LogP contribution < -0.4 is 5.32 Å². The average molecular weight is 524 g/mol. The van der Waals surface area contributed by atoms with Crippen LogP contribution in [-0.4, -0.2) is 22.4 Å². The van der Waals surface area contributed by atoms with Gasteiger partial charge in [0.05, 0.1) is 6.10 Å². The molecule has 38 heavy (non-hydrogen) atoms. The largest absolute Gasteiger partial charge is 0.465 e. The van der Waals surface area contributed by atoms with Crippen LogP contribution in [0, 0.1) is 46.3 Å². The second-order valence-corrected chi connectivity index (χ2v) is 14.0. The van der Waals surface area contributed by atoms with Crippen molar-refractivity contribution >= 4 is 11.8 Å². The first-order valence-corrected chi connectivity index (χ1v) is 15.5. The molecule has 0 heterocycles. The summed E-state index contributed by atoms with van der Waals surface area (Å²) >= 11 is 0. The van der Waals surface area contributed by atoms with Crippen molar-refractivity contribution in [2.45, 2.75) is 111 Å². The van der Waals surface area contributed by atoms with Gasteiger partial charge in [0.1, 0.15) is 0 Å². The van der Waals surface area contributed by atoms with Gasteiger partial charge in [0.2, 0.25) is 0 Å². The van der Waals surface area contributed by atoms with E-state index >= 15 is 0 Å². The zero-order valence-corrected chi connectivity index (χ0v) is 24.6. The van der Waals surface area contributed by atoms with Crippen molar-refractivity contribution in [2.75, 3.05) is 5.32 Å². The van der Waals surface area contributed by atoms with E-state index in [1.807, 2.05) is 6.07 Å². The molecule has 4 aliphatic carbocycles. The van der Waals surface area contributed by atoms with Gasteiger partial charge in [-0.1, -0.05) is 83.7 Å². The van der Waals surface area contributed by atoms with Gasteiger partial charge in [0, 0.05) is 5.69 Å². The van der Waals surface area contributed by atoms with E-state index in [0.29, 0.717) is 16.5 Å². The smallest absolute Gasteiger partial charge is 0.409 e. The number of aliphatic hydroxyl groups is 1. The van der Waals surface area contributed by atoms with Crippen molar-refractivity contribution in [1.29, 1.82) is 0 Å². The van der Waals surface area contributed by atoms with E-state index in [4.69, 9.17) is 5.11 Å². The average Bonchev–Trinajstić information content (AvgIpc) is 3.22. The van der Waals surface area contributed by atoms with E-state index in [2.05, 4.69) is 46.0 Å². The minimum absolute atomic E-state index is 0.0766. The molecule has 0 radical (unpaired) electrons. The number of amides is 1. The van der Waals surface area contributed by atoms with E-state index in [-0.39, 0.29) is 6.10 Å². The molecule has 0 aromatic heterocycles. The lowest BCUT2D eigenvalue weighted by molar-refractivity contribution is -0.0573. The number of hydrogen-bond donors (Lipinski definition) is 3. The fourth-order valence-electron chi connectivity index (χ4n) is 9.31. The number of anilines is 1. The summed E-state index contributed by atoms with van der Waals surface area (Å²) in [7, 11) is 0. The predicted octanol–water partition coefficient (Wildman–Crippen LogP) is 9.17. The lowest BCUT2D eigenvalue weighted by Gasteiger charge is -2.58. The van der Waals surface area contributed by atoms with Gasteiger partial charge in [-0.3, -0.25) is 5.32 Å². The number of carbonyl (C=O) groups is 1. The highest BCUT2D eigenvalue weighted by Crippen LogP contribution is 2.67. The number of aliphatic hydroxyl groups excluding tert-OH is 1. The molecule has 0 aliphatic heterocycles. The second-order valence-electron chi connectivity index (χ2n) is 14.0. The maximum absolute atomic E-state index is 10.2. The minimum atomic E-state index is -1.04. The molecule has 0 saturated heterocycles. The standard InChI is InChI=1S/C27H46O.C7H7NO2/c1-18(2)7-6-8-19(3)23-11-12-24-22-10-9-20-17-21(28)13-15-26(20,4)25(22)14-16-27(23,24)5;9-7(10)8-6-4-2-1-3-5-6/h9,18-19,21-25,28H,6-8,10-17H2,1-5H3;1-5,8H,(H,9,10)/t19?,21-,22-,23+,24-,25-,26-,27+;/m0./s1. The fraction of sp³-hybridized carbons (Fsp3) is 0.735. The lowest BCUT2D eigenvalue weighted by Crippen LogP contribution is -2.50. The van der Waals surface area contributed by atoms with Crippen molar-refractivity contribution in [2.24, 2.45) is 46.3 Å². The summed E-state index contributed by atoms with van der Waals surface area (Å²) in [5.74, 6) is 5.46. The number of allylic oxidation sites excluding steroid dienone is 1. The molecule has 1 aromatic carbocycles. The molecular weight excluding hydrogens is 470 g/mol. The molecule has 1 aromatic rings. The summed E-state index contributed by atoms with van der Waals surface area (Å²) in [5.41, 5.74) is 3.20. The zero-order chi connectivity index (χ0) is 27.5. The monoisotopic (exact) mass is 523 g/mol. The van der Waals surface area contributed by atoms with Crippen molar-refractivity contribution in [3.05, 3.63) is 42.0 Å². The van der Waals surface area contributed by atoms with Gasteiger partial charge < -0.3 is 10.2 Å². The van der Waals surface area contributed by atoms with Crippen LogP contribution in [0.2, 0.25) is 0 Å². The van der Waals surface area contributed by atoms with Gasteiger partial charge in [-0.15, -0.1) is 0 Å². The SMILES string of the molecule is CC(C)CCCC(C)[C@H]1CC[C@H]2[C@@H]3CC=C4C[C@@H](O)CC[C@]4(C)[C@H]3CC[C@]12C.O=C(O)Nc1ccccc1. The highest BCUT2D eigenvalue weighted by molar-refractivity contribution is 5.82. The number of fused-ring (bicyclic) bond motifs is 5. The molecule has 4 aliphatic rings. The Morgan fingerprint density at radius 2 is 1.74 bits per heavy atom. The molecule has 212 valence electrons. The maximum atomic E-state index is 10.2. The maximum Gasteiger partial charge on any atom is 0.409 e. The molecule has 8 atom stereocenters. The molecule has 4 heteroatoms. The predicted molar refractivity (Wildman–Crippen MR) is 157 cm³/mol.